The number of methoxy groups -OCH3 is 1. The van der Waals surface area contributed by atoms with Gasteiger partial charge in [-0.25, -0.2) is 4.98 Å². The number of nitrogens with zero attached hydrogens (tertiary/aromatic N) is 2. The minimum absolute atomic E-state index is 0.135. The van der Waals surface area contributed by atoms with Gasteiger partial charge in [0.25, 0.3) is 0 Å². The smallest absolute Gasteiger partial charge is 0.416 e. The van der Waals surface area contributed by atoms with Crippen LogP contribution in [0, 0.1) is 0 Å². The summed E-state index contributed by atoms with van der Waals surface area (Å²) in [5.41, 5.74) is 0.389. The maximum Gasteiger partial charge on any atom is 0.416 e. The van der Waals surface area contributed by atoms with Crippen molar-refractivity contribution >= 4 is 11.8 Å². The second kappa shape index (κ2) is 7.18. The molecule has 0 saturated heterocycles. The molecule has 0 aliphatic rings. The molecule has 8 heteroatoms. The molecule has 1 heterocycles. The predicted molar refractivity (Wildman–Crippen MR) is 89.4 cm³/mol. The Morgan fingerprint density at radius 3 is 2.48 bits per heavy atom. The van der Waals surface area contributed by atoms with Crippen LogP contribution in [0.25, 0.3) is 11.4 Å². The lowest BCUT2D eigenvalue weighted by molar-refractivity contribution is -0.138. The van der Waals surface area contributed by atoms with Crippen molar-refractivity contribution in [2.45, 2.75) is 17.1 Å². The standard InChI is InChI=1S/C17H14F3N3OS/c1-24-13-8-6-11(7-9-13)15-21-16(23-22-15)25-10-12-4-2-3-5-14(12)17(18,19)20/h2-9H,10H2,1H3,(H,21,22,23). The van der Waals surface area contributed by atoms with Gasteiger partial charge in [0.05, 0.1) is 12.7 Å². The number of ether oxygens (including phenoxy) is 1. The number of nitrogens with one attached hydrogen (secondary N) is 1. The lowest BCUT2D eigenvalue weighted by atomic mass is 10.1. The average molecular weight is 365 g/mol. The third-order valence-corrected chi connectivity index (χ3v) is 4.40. The van der Waals surface area contributed by atoms with Crippen molar-refractivity contribution in [1.82, 2.24) is 15.2 Å². The summed E-state index contributed by atoms with van der Waals surface area (Å²) in [6.45, 7) is 0. The van der Waals surface area contributed by atoms with Crippen LogP contribution in [0.4, 0.5) is 13.2 Å². The summed E-state index contributed by atoms with van der Waals surface area (Å²) < 4.78 is 44.1. The second-order valence-electron chi connectivity index (χ2n) is 5.14. The van der Waals surface area contributed by atoms with E-state index in [2.05, 4.69) is 15.2 Å². The van der Waals surface area contributed by atoms with Crippen LogP contribution in [0.3, 0.4) is 0 Å². The molecule has 0 aliphatic heterocycles. The average Bonchev–Trinajstić information content (AvgIpc) is 3.08. The van der Waals surface area contributed by atoms with Crippen LogP contribution in [0.5, 0.6) is 5.75 Å². The lowest BCUT2D eigenvalue weighted by Gasteiger charge is -2.11. The number of alkyl halides is 3. The molecule has 3 rings (SSSR count). The van der Waals surface area contributed by atoms with Crippen LogP contribution in [0.15, 0.2) is 53.7 Å². The van der Waals surface area contributed by atoms with E-state index >= 15 is 0 Å². The van der Waals surface area contributed by atoms with Gasteiger partial charge < -0.3 is 4.74 Å². The van der Waals surface area contributed by atoms with E-state index in [0.29, 0.717) is 11.0 Å². The molecule has 0 fully saturated rings. The number of halogens is 3. The van der Waals surface area contributed by atoms with Gasteiger partial charge >= 0.3 is 6.18 Å². The van der Waals surface area contributed by atoms with Crippen LogP contribution in [0.2, 0.25) is 0 Å². The van der Waals surface area contributed by atoms with Crippen LogP contribution in [-0.4, -0.2) is 22.3 Å². The number of aromatic nitrogens is 3. The van der Waals surface area contributed by atoms with E-state index in [9.17, 15) is 13.2 Å². The molecule has 0 saturated carbocycles. The zero-order valence-corrected chi connectivity index (χ0v) is 14.0. The van der Waals surface area contributed by atoms with Crippen molar-refractivity contribution in [3.8, 4) is 17.1 Å². The largest absolute Gasteiger partial charge is 0.497 e. The van der Waals surface area contributed by atoms with Gasteiger partial charge in [-0.15, -0.1) is 5.10 Å². The van der Waals surface area contributed by atoms with E-state index in [4.69, 9.17) is 4.74 Å². The highest BCUT2D eigenvalue weighted by atomic mass is 32.2. The maximum atomic E-state index is 13.0. The lowest BCUT2D eigenvalue weighted by Crippen LogP contribution is -2.08. The van der Waals surface area contributed by atoms with Crippen molar-refractivity contribution in [1.29, 1.82) is 0 Å². The molecule has 0 atom stereocenters. The fourth-order valence-electron chi connectivity index (χ4n) is 2.25. The van der Waals surface area contributed by atoms with Gasteiger partial charge in [0.2, 0.25) is 5.16 Å². The normalized spacial score (nSPS) is 11.5. The Labute approximate surface area is 146 Å². The highest BCUT2D eigenvalue weighted by Crippen LogP contribution is 2.34. The molecule has 0 spiro atoms. The Hall–Kier alpha value is -2.48. The first-order valence-corrected chi connectivity index (χ1v) is 8.30. The molecule has 130 valence electrons. The summed E-state index contributed by atoms with van der Waals surface area (Å²) in [4.78, 5) is 4.32. The van der Waals surface area contributed by atoms with Gasteiger partial charge in [0.1, 0.15) is 5.75 Å². The first kappa shape index (κ1) is 17.3. The van der Waals surface area contributed by atoms with Crippen molar-refractivity contribution in [2.75, 3.05) is 7.11 Å². The van der Waals surface area contributed by atoms with Gasteiger partial charge in [-0.3, -0.25) is 5.10 Å². The van der Waals surface area contributed by atoms with E-state index < -0.39 is 11.7 Å². The molecule has 1 N–H and O–H groups in total. The van der Waals surface area contributed by atoms with Crippen LogP contribution in [-0.2, 0) is 11.9 Å². The number of aromatic amines is 1. The van der Waals surface area contributed by atoms with Gasteiger partial charge in [-0.2, -0.15) is 13.2 Å². The van der Waals surface area contributed by atoms with Crippen LogP contribution in [0.1, 0.15) is 11.1 Å². The molecule has 0 unspecified atom stereocenters. The number of rotatable bonds is 5. The minimum atomic E-state index is -4.37. The molecule has 3 aromatic rings. The summed E-state index contributed by atoms with van der Waals surface area (Å²) >= 11 is 1.15. The minimum Gasteiger partial charge on any atom is -0.497 e. The van der Waals surface area contributed by atoms with Crippen molar-refractivity contribution in [3.63, 3.8) is 0 Å². The summed E-state index contributed by atoms with van der Waals surface area (Å²) in [7, 11) is 1.58. The summed E-state index contributed by atoms with van der Waals surface area (Å²) in [5.74, 6) is 1.41. The molecule has 25 heavy (non-hydrogen) atoms. The SMILES string of the molecule is COc1ccc(-c2nc(SCc3ccccc3C(F)(F)F)n[nH]2)cc1. The number of thioether (sulfide) groups is 1. The Morgan fingerprint density at radius 1 is 1.08 bits per heavy atom. The number of hydrogen-bond donors (Lipinski definition) is 1. The number of H-pyrrole nitrogens is 1. The molecular weight excluding hydrogens is 351 g/mol. The zero-order chi connectivity index (χ0) is 17.9. The quantitative estimate of drug-likeness (QED) is 0.661. The van der Waals surface area contributed by atoms with Crippen molar-refractivity contribution in [3.05, 3.63) is 59.7 Å². The monoisotopic (exact) mass is 365 g/mol. The molecule has 1 aromatic heterocycles. The van der Waals surface area contributed by atoms with Gasteiger partial charge in [-0.1, -0.05) is 30.0 Å². The third-order valence-electron chi connectivity index (χ3n) is 3.51. The van der Waals surface area contributed by atoms with Gasteiger partial charge in [0, 0.05) is 11.3 Å². The third kappa shape index (κ3) is 4.14. The molecule has 4 nitrogen and oxygen atoms in total. The van der Waals surface area contributed by atoms with Crippen molar-refractivity contribution in [2.24, 2.45) is 0 Å². The number of hydrogen-bond acceptors (Lipinski definition) is 4. The fourth-order valence-corrected chi connectivity index (χ4v) is 3.06. The Balaban J connectivity index is 1.72. The Bertz CT molecular complexity index is 847. The Morgan fingerprint density at radius 2 is 1.80 bits per heavy atom. The maximum absolute atomic E-state index is 13.0. The highest BCUT2D eigenvalue weighted by molar-refractivity contribution is 7.98. The van der Waals surface area contributed by atoms with E-state index in [0.717, 1.165) is 29.1 Å². The van der Waals surface area contributed by atoms with Crippen molar-refractivity contribution < 1.29 is 17.9 Å². The fraction of sp³-hybridized carbons (Fsp3) is 0.176. The van der Waals surface area contributed by atoms with E-state index in [1.54, 1.807) is 25.3 Å². The first-order valence-electron chi connectivity index (χ1n) is 7.32. The van der Waals surface area contributed by atoms with Crippen LogP contribution < -0.4 is 4.74 Å². The Kier molecular flexibility index (Phi) is 4.98. The molecular formula is C17H14F3N3OS. The van der Waals surface area contributed by atoms with E-state index in [1.807, 2.05) is 12.1 Å². The predicted octanol–water partition coefficient (Wildman–Crippen LogP) is 4.79. The topological polar surface area (TPSA) is 50.8 Å². The molecule has 0 radical (unpaired) electrons. The summed E-state index contributed by atoms with van der Waals surface area (Å²) in [6.07, 6.45) is -4.37. The zero-order valence-electron chi connectivity index (χ0n) is 13.2. The number of benzene rings is 2. The van der Waals surface area contributed by atoms with E-state index in [1.165, 1.54) is 12.1 Å². The molecule has 0 aliphatic carbocycles. The van der Waals surface area contributed by atoms with Gasteiger partial charge in [-0.05, 0) is 35.9 Å². The molecule has 2 aromatic carbocycles. The molecule has 0 bridgehead atoms. The first-order chi connectivity index (χ1) is 12.0. The second-order valence-corrected chi connectivity index (χ2v) is 6.08. The van der Waals surface area contributed by atoms with E-state index in [-0.39, 0.29) is 11.3 Å². The summed E-state index contributed by atoms with van der Waals surface area (Å²) in [6, 6.07) is 12.8. The van der Waals surface area contributed by atoms with Crippen LogP contribution >= 0.6 is 11.8 Å². The highest BCUT2D eigenvalue weighted by Gasteiger charge is 2.32. The molecule has 0 amide bonds. The van der Waals surface area contributed by atoms with Gasteiger partial charge in [0.15, 0.2) is 5.82 Å². The summed E-state index contributed by atoms with van der Waals surface area (Å²) in [5, 5.41) is 7.24.